The van der Waals surface area contributed by atoms with Gasteiger partial charge in [0, 0.05) is 13.1 Å². The van der Waals surface area contributed by atoms with Crippen LogP contribution in [-0.2, 0) is 19.6 Å². The zero-order valence-electron chi connectivity index (χ0n) is 14.7. The second-order valence-corrected chi connectivity index (χ2v) is 8.88. The summed E-state index contributed by atoms with van der Waals surface area (Å²) in [6.07, 6.45) is 4.90. The number of nitrogens with zero attached hydrogens (tertiary/aromatic N) is 2. The van der Waals surface area contributed by atoms with Crippen LogP contribution in [0, 0.1) is 17.7 Å². The number of halogens is 1. The minimum Gasteiger partial charge on any atom is -0.495 e. The maximum atomic E-state index is 13.6. The number of hydrogen-bond acceptors (Lipinski definition) is 5. The van der Waals surface area contributed by atoms with Gasteiger partial charge in [-0.15, -0.1) is 0 Å². The minimum absolute atomic E-state index is 0.00630. The first kappa shape index (κ1) is 18.1. The van der Waals surface area contributed by atoms with Crippen molar-refractivity contribution in [3.05, 3.63) is 36.2 Å². The molecule has 2 saturated heterocycles. The molecule has 0 spiro atoms. The van der Waals surface area contributed by atoms with Crippen LogP contribution >= 0.6 is 0 Å². The quantitative estimate of drug-likeness (QED) is 0.565. The highest BCUT2D eigenvalue weighted by molar-refractivity contribution is 7.89. The fraction of sp³-hybridized carbons (Fsp3) is 0.444. The van der Waals surface area contributed by atoms with Crippen molar-refractivity contribution in [3.63, 3.8) is 0 Å². The molecule has 2 aliphatic heterocycles. The highest BCUT2D eigenvalue weighted by Crippen LogP contribution is 2.39. The van der Waals surface area contributed by atoms with Crippen molar-refractivity contribution in [3.8, 4) is 5.75 Å². The lowest BCUT2D eigenvalue weighted by Gasteiger charge is -2.42. The summed E-state index contributed by atoms with van der Waals surface area (Å²) in [4.78, 5) is 26.1. The number of imide groups is 1. The smallest absolute Gasteiger partial charge is 0.247 e. The van der Waals surface area contributed by atoms with Gasteiger partial charge in [-0.2, -0.15) is 4.31 Å². The van der Waals surface area contributed by atoms with Crippen LogP contribution in [0.3, 0.4) is 0 Å². The summed E-state index contributed by atoms with van der Waals surface area (Å²) in [5.74, 6) is -1.76. The number of amides is 2. The van der Waals surface area contributed by atoms with Gasteiger partial charge in [0.05, 0.1) is 25.0 Å². The molecule has 1 aliphatic carbocycles. The van der Waals surface area contributed by atoms with Crippen LogP contribution in [0.25, 0.3) is 0 Å². The van der Waals surface area contributed by atoms with Crippen LogP contribution < -0.4 is 4.74 Å². The van der Waals surface area contributed by atoms with Crippen molar-refractivity contribution >= 4 is 21.8 Å². The molecule has 0 N–H and O–H groups in total. The van der Waals surface area contributed by atoms with Crippen LogP contribution in [-0.4, -0.2) is 55.7 Å². The summed E-state index contributed by atoms with van der Waals surface area (Å²) in [5, 5.41) is 0. The van der Waals surface area contributed by atoms with E-state index in [0.29, 0.717) is 12.8 Å². The predicted molar refractivity (Wildman–Crippen MR) is 92.7 cm³/mol. The van der Waals surface area contributed by atoms with Crippen molar-refractivity contribution < 1.29 is 27.1 Å². The van der Waals surface area contributed by atoms with Gasteiger partial charge in [0.1, 0.15) is 16.5 Å². The number of ether oxygens (including phenoxy) is 1. The average Bonchev–Trinajstić information content (AvgIpc) is 2.86. The van der Waals surface area contributed by atoms with E-state index in [2.05, 4.69) is 0 Å². The summed E-state index contributed by atoms with van der Waals surface area (Å²) < 4.78 is 45.3. The average molecular weight is 394 g/mol. The molecule has 9 heteroatoms. The predicted octanol–water partition coefficient (Wildman–Crippen LogP) is 1.16. The van der Waals surface area contributed by atoms with Crippen molar-refractivity contribution in [1.29, 1.82) is 0 Å². The maximum Gasteiger partial charge on any atom is 0.247 e. The first-order valence-corrected chi connectivity index (χ1v) is 10.1. The van der Waals surface area contributed by atoms with Gasteiger partial charge < -0.3 is 4.74 Å². The van der Waals surface area contributed by atoms with E-state index < -0.39 is 21.9 Å². The summed E-state index contributed by atoms with van der Waals surface area (Å²) in [7, 11) is -2.68. The molecular weight excluding hydrogens is 375 g/mol. The molecule has 0 aromatic heterocycles. The van der Waals surface area contributed by atoms with Crippen LogP contribution in [0.15, 0.2) is 35.2 Å². The number of allylic oxidation sites excluding steroid dienone is 2. The molecule has 2 fully saturated rings. The lowest BCUT2D eigenvalue weighted by atomic mass is 9.85. The van der Waals surface area contributed by atoms with Gasteiger partial charge in [0.25, 0.3) is 0 Å². The topological polar surface area (TPSA) is 84.0 Å². The first-order valence-electron chi connectivity index (χ1n) is 8.70. The second-order valence-electron chi connectivity index (χ2n) is 6.97. The van der Waals surface area contributed by atoms with Crippen molar-refractivity contribution in [1.82, 2.24) is 9.21 Å². The number of rotatable bonds is 4. The van der Waals surface area contributed by atoms with E-state index in [-0.39, 0.29) is 47.4 Å². The summed E-state index contributed by atoms with van der Waals surface area (Å²) >= 11 is 0. The van der Waals surface area contributed by atoms with Gasteiger partial charge in [-0.3, -0.25) is 14.5 Å². The Balaban J connectivity index is 1.52. The van der Waals surface area contributed by atoms with Gasteiger partial charge in [-0.05, 0) is 31.0 Å². The van der Waals surface area contributed by atoms with E-state index in [0.717, 1.165) is 16.4 Å². The van der Waals surface area contributed by atoms with E-state index in [1.54, 1.807) is 0 Å². The molecule has 144 valence electrons. The maximum absolute atomic E-state index is 13.6. The second kappa shape index (κ2) is 6.42. The minimum atomic E-state index is -3.98. The number of fused-ring (bicyclic) bond motifs is 1. The largest absolute Gasteiger partial charge is 0.495 e. The molecule has 2 amide bonds. The van der Waals surface area contributed by atoms with Crippen LogP contribution in [0.5, 0.6) is 5.75 Å². The van der Waals surface area contributed by atoms with Crippen LogP contribution in [0.4, 0.5) is 4.39 Å². The molecule has 4 rings (SSSR count). The summed E-state index contributed by atoms with van der Waals surface area (Å²) in [6.45, 7) is 0.0126. The summed E-state index contributed by atoms with van der Waals surface area (Å²) in [5.41, 5.74) is 0. The summed E-state index contributed by atoms with van der Waals surface area (Å²) in [6, 6.07) is 2.80. The SMILES string of the molecule is COc1ccc(F)cc1S(=O)(=O)N1CC(N2C(=O)C3CC=CCC3C2=O)C1. The van der Waals surface area contributed by atoms with E-state index in [1.807, 2.05) is 12.2 Å². The Labute approximate surface area is 156 Å². The molecule has 7 nitrogen and oxygen atoms in total. The third kappa shape index (κ3) is 2.76. The molecule has 0 bridgehead atoms. The number of likely N-dealkylation sites (tertiary alicyclic amines) is 1. The van der Waals surface area contributed by atoms with Crippen molar-refractivity contribution in [2.75, 3.05) is 20.2 Å². The van der Waals surface area contributed by atoms with Gasteiger partial charge in [0.2, 0.25) is 21.8 Å². The van der Waals surface area contributed by atoms with Gasteiger partial charge in [-0.1, -0.05) is 12.2 Å². The Morgan fingerprint density at radius 3 is 2.22 bits per heavy atom. The number of benzene rings is 1. The van der Waals surface area contributed by atoms with E-state index in [4.69, 9.17) is 4.74 Å². The number of carbonyl (C=O) groups is 2. The molecule has 3 aliphatic rings. The Morgan fingerprint density at radius 2 is 1.67 bits per heavy atom. The molecule has 27 heavy (non-hydrogen) atoms. The van der Waals surface area contributed by atoms with E-state index in [9.17, 15) is 22.4 Å². The van der Waals surface area contributed by atoms with Gasteiger partial charge in [0.15, 0.2) is 0 Å². The highest BCUT2D eigenvalue weighted by Gasteiger charge is 2.53. The molecule has 2 heterocycles. The van der Waals surface area contributed by atoms with Gasteiger partial charge in [-0.25, -0.2) is 12.8 Å². The van der Waals surface area contributed by atoms with E-state index in [1.165, 1.54) is 18.1 Å². The standard InChI is InChI=1S/C18H19FN2O5S/c1-26-15-7-6-11(19)8-16(15)27(24,25)20-9-12(10-20)21-17(22)13-4-2-3-5-14(13)18(21)23/h2-3,6-8,12-14H,4-5,9-10H2,1H3. The van der Waals surface area contributed by atoms with Crippen LogP contribution in [0.2, 0.25) is 0 Å². The molecule has 0 radical (unpaired) electrons. The number of hydrogen-bond donors (Lipinski definition) is 0. The molecule has 1 aromatic carbocycles. The Kier molecular flexibility index (Phi) is 4.31. The fourth-order valence-corrected chi connectivity index (χ4v) is 5.64. The number of sulfonamides is 1. The molecule has 2 atom stereocenters. The zero-order valence-corrected chi connectivity index (χ0v) is 15.5. The number of methoxy groups -OCH3 is 1. The highest BCUT2D eigenvalue weighted by atomic mass is 32.2. The lowest BCUT2D eigenvalue weighted by molar-refractivity contribution is -0.145. The first-order chi connectivity index (χ1) is 12.8. The zero-order chi connectivity index (χ0) is 19.3. The molecular formula is C18H19FN2O5S. The van der Waals surface area contributed by atoms with Gasteiger partial charge >= 0.3 is 0 Å². The third-order valence-electron chi connectivity index (χ3n) is 5.48. The Bertz CT molecular complexity index is 913. The lowest BCUT2D eigenvalue weighted by Crippen LogP contribution is -2.62. The Morgan fingerprint density at radius 1 is 1.07 bits per heavy atom. The fourth-order valence-electron chi connectivity index (χ4n) is 3.95. The van der Waals surface area contributed by atoms with Crippen molar-refractivity contribution in [2.45, 2.75) is 23.8 Å². The molecule has 2 unspecified atom stereocenters. The monoisotopic (exact) mass is 394 g/mol. The molecule has 1 aromatic rings. The van der Waals surface area contributed by atoms with Crippen molar-refractivity contribution in [2.24, 2.45) is 11.8 Å². The Hall–Kier alpha value is -2.26. The third-order valence-corrected chi connectivity index (χ3v) is 7.33. The van der Waals surface area contributed by atoms with Crippen LogP contribution in [0.1, 0.15) is 12.8 Å². The normalized spacial score (nSPS) is 26.2. The number of carbonyl (C=O) groups excluding carboxylic acids is 2. The molecule has 0 saturated carbocycles. The van der Waals surface area contributed by atoms with E-state index >= 15 is 0 Å².